The van der Waals surface area contributed by atoms with Crippen molar-refractivity contribution < 1.29 is 13.3 Å². The quantitative estimate of drug-likeness (QED) is 0.550. The van der Waals surface area contributed by atoms with Gasteiger partial charge in [-0.1, -0.05) is 17.3 Å². The topological polar surface area (TPSA) is 64.1 Å². The molecule has 0 aliphatic carbocycles. The van der Waals surface area contributed by atoms with Crippen LogP contribution in [0.3, 0.4) is 0 Å². The highest BCUT2D eigenvalue weighted by atomic mass is 19.1. The Morgan fingerprint density at radius 3 is 2.69 bits per heavy atom. The molecule has 132 valence electrons. The zero-order chi connectivity index (χ0) is 18.3. The molecule has 0 bridgehead atoms. The molecular formula is C20H18FN3O2. The molecule has 0 aliphatic rings. The highest BCUT2D eigenvalue weighted by Crippen LogP contribution is 2.33. The van der Waals surface area contributed by atoms with E-state index < -0.39 is 0 Å². The number of fused-ring (bicyclic) bond motifs is 1. The van der Waals surface area contributed by atoms with Crippen LogP contribution in [0.15, 0.2) is 45.3 Å². The predicted octanol–water partition coefficient (Wildman–Crippen LogP) is 5.16. The second-order valence-electron chi connectivity index (χ2n) is 6.31. The second-order valence-corrected chi connectivity index (χ2v) is 6.31. The molecule has 0 radical (unpaired) electrons. The molecule has 26 heavy (non-hydrogen) atoms. The largest absolute Gasteiger partial charge is 0.457 e. The van der Waals surface area contributed by atoms with Crippen LogP contribution in [0.1, 0.15) is 22.8 Å². The second kappa shape index (κ2) is 6.29. The standard InChI is InChI=1S/C20H18FN3O2/c1-11-7-15-9-17(18-12(2)24-26-13(18)3)23-20(19(15)25-11)22-10-14-5-4-6-16(21)8-14/h4-9H,10H2,1-3H3,(H,22,23). The average Bonchev–Trinajstić information content (AvgIpc) is 3.14. The van der Waals surface area contributed by atoms with Gasteiger partial charge in [-0.25, -0.2) is 9.37 Å². The molecule has 1 aromatic carbocycles. The van der Waals surface area contributed by atoms with E-state index in [2.05, 4.69) is 10.5 Å². The van der Waals surface area contributed by atoms with Gasteiger partial charge in [-0.05, 0) is 50.6 Å². The lowest BCUT2D eigenvalue weighted by molar-refractivity contribution is 0.393. The summed E-state index contributed by atoms with van der Waals surface area (Å²) in [6, 6.07) is 10.4. The first kappa shape index (κ1) is 16.3. The van der Waals surface area contributed by atoms with E-state index in [0.29, 0.717) is 23.7 Å². The molecule has 0 atom stereocenters. The Morgan fingerprint density at radius 1 is 1.12 bits per heavy atom. The summed E-state index contributed by atoms with van der Waals surface area (Å²) in [5, 5.41) is 8.21. The van der Waals surface area contributed by atoms with E-state index in [0.717, 1.165) is 33.7 Å². The third-order valence-electron chi connectivity index (χ3n) is 4.26. The number of nitrogens with zero attached hydrogens (tertiary/aromatic N) is 2. The van der Waals surface area contributed by atoms with Crippen molar-refractivity contribution in [1.82, 2.24) is 10.1 Å². The number of aryl methyl sites for hydroxylation is 3. The van der Waals surface area contributed by atoms with Gasteiger partial charge in [0.2, 0.25) is 0 Å². The molecular weight excluding hydrogens is 333 g/mol. The number of rotatable bonds is 4. The van der Waals surface area contributed by atoms with Crippen LogP contribution >= 0.6 is 0 Å². The summed E-state index contributed by atoms with van der Waals surface area (Å²) in [5.74, 6) is 1.85. The normalized spacial score (nSPS) is 11.2. The van der Waals surface area contributed by atoms with Gasteiger partial charge >= 0.3 is 0 Å². The Hall–Kier alpha value is -3.15. The first-order valence-electron chi connectivity index (χ1n) is 8.34. The number of pyridine rings is 1. The summed E-state index contributed by atoms with van der Waals surface area (Å²) < 4.78 is 24.5. The van der Waals surface area contributed by atoms with Crippen LogP contribution in [0.4, 0.5) is 10.2 Å². The third-order valence-corrected chi connectivity index (χ3v) is 4.26. The Kier molecular flexibility index (Phi) is 3.95. The lowest BCUT2D eigenvalue weighted by atomic mass is 10.1. The molecule has 0 spiro atoms. The molecule has 0 fully saturated rings. The van der Waals surface area contributed by atoms with Gasteiger partial charge in [0, 0.05) is 11.9 Å². The summed E-state index contributed by atoms with van der Waals surface area (Å²) in [6.07, 6.45) is 0. The van der Waals surface area contributed by atoms with Crippen LogP contribution in [0.5, 0.6) is 0 Å². The summed E-state index contributed by atoms with van der Waals surface area (Å²) in [7, 11) is 0. The number of hydrogen-bond acceptors (Lipinski definition) is 5. The molecule has 1 N–H and O–H groups in total. The summed E-state index contributed by atoms with van der Waals surface area (Å²) in [4.78, 5) is 4.72. The van der Waals surface area contributed by atoms with Crippen LogP contribution in [-0.4, -0.2) is 10.1 Å². The van der Waals surface area contributed by atoms with Crippen molar-refractivity contribution in [2.45, 2.75) is 27.3 Å². The Morgan fingerprint density at radius 2 is 1.96 bits per heavy atom. The summed E-state index contributed by atoms with van der Waals surface area (Å²) in [5.41, 5.74) is 3.92. The number of furan rings is 1. The maximum absolute atomic E-state index is 13.4. The van der Waals surface area contributed by atoms with Crippen molar-refractivity contribution in [3.05, 3.63) is 65.0 Å². The van der Waals surface area contributed by atoms with Gasteiger partial charge in [-0.15, -0.1) is 0 Å². The van der Waals surface area contributed by atoms with Crippen LogP contribution in [0.2, 0.25) is 0 Å². The number of nitrogens with one attached hydrogen (secondary N) is 1. The van der Waals surface area contributed by atoms with Gasteiger partial charge in [0.15, 0.2) is 11.4 Å². The first-order chi connectivity index (χ1) is 12.5. The van der Waals surface area contributed by atoms with Crippen molar-refractivity contribution in [2.24, 2.45) is 0 Å². The Labute approximate surface area is 149 Å². The molecule has 3 aromatic heterocycles. The average molecular weight is 351 g/mol. The number of benzene rings is 1. The molecule has 0 saturated heterocycles. The Bertz CT molecular complexity index is 1080. The molecule has 0 saturated carbocycles. The van der Waals surface area contributed by atoms with Crippen LogP contribution in [0.25, 0.3) is 22.2 Å². The number of hydrogen-bond donors (Lipinski definition) is 1. The van der Waals surface area contributed by atoms with E-state index in [9.17, 15) is 4.39 Å². The fourth-order valence-corrected chi connectivity index (χ4v) is 3.11. The number of halogens is 1. The van der Waals surface area contributed by atoms with E-state index in [4.69, 9.17) is 13.9 Å². The van der Waals surface area contributed by atoms with Crippen molar-refractivity contribution in [2.75, 3.05) is 5.32 Å². The van der Waals surface area contributed by atoms with Crippen molar-refractivity contribution >= 4 is 16.8 Å². The molecule has 0 unspecified atom stereocenters. The molecule has 0 amide bonds. The van der Waals surface area contributed by atoms with E-state index in [1.165, 1.54) is 12.1 Å². The van der Waals surface area contributed by atoms with E-state index in [-0.39, 0.29) is 5.82 Å². The van der Waals surface area contributed by atoms with Gasteiger partial charge in [-0.3, -0.25) is 0 Å². The monoisotopic (exact) mass is 351 g/mol. The van der Waals surface area contributed by atoms with Gasteiger partial charge in [-0.2, -0.15) is 0 Å². The van der Waals surface area contributed by atoms with Crippen LogP contribution < -0.4 is 5.32 Å². The molecule has 6 heteroatoms. The smallest absolute Gasteiger partial charge is 0.176 e. The van der Waals surface area contributed by atoms with E-state index in [1.54, 1.807) is 6.07 Å². The van der Waals surface area contributed by atoms with Gasteiger partial charge in [0.1, 0.15) is 17.3 Å². The van der Waals surface area contributed by atoms with Crippen molar-refractivity contribution in [1.29, 1.82) is 0 Å². The number of anilines is 1. The maximum atomic E-state index is 13.4. The molecule has 3 heterocycles. The molecule has 4 rings (SSSR count). The fourth-order valence-electron chi connectivity index (χ4n) is 3.11. The van der Waals surface area contributed by atoms with Crippen molar-refractivity contribution in [3.63, 3.8) is 0 Å². The lowest BCUT2D eigenvalue weighted by Gasteiger charge is -2.09. The number of aromatic nitrogens is 2. The van der Waals surface area contributed by atoms with Crippen LogP contribution in [-0.2, 0) is 6.54 Å². The minimum atomic E-state index is -0.263. The zero-order valence-electron chi connectivity index (χ0n) is 14.8. The first-order valence-corrected chi connectivity index (χ1v) is 8.34. The summed E-state index contributed by atoms with van der Waals surface area (Å²) >= 11 is 0. The van der Waals surface area contributed by atoms with E-state index in [1.807, 2.05) is 39.0 Å². The third kappa shape index (κ3) is 2.94. The predicted molar refractivity (Wildman–Crippen MR) is 97.4 cm³/mol. The van der Waals surface area contributed by atoms with Gasteiger partial charge in [0.05, 0.1) is 17.0 Å². The van der Waals surface area contributed by atoms with E-state index >= 15 is 0 Å². The minimum Gasteiger partial charge on any atom is -0.457 e. The molecule has 4 aromatic rings. The summed E-state index contributed by atoms with van der Waals surface area (Å²) in [6.45, 7) is 6.08. The zero-order valence-corrected chi connectivity index (χ0v) is 14.8. The minimum absolute atomic E-state index is 0.263. The van der Waals surface area contributed by atoms with Crippen LogP contribution in [0, 0.1) is 26.6 Å². The Balaban J connectivity index is 1.77. The fraction of sp³-hybridized carbons (Fsp3) is 0.200. The SMILES string of the molecule is Cc1cc2cc(-c3c(C)noc3C)nc(NCc3cccc(F)c3)c2o1. The molecule has 5 nitrogen and oxygen atoms in total. The van der Waals surface area contributed by atoms with Gasteiger partial charge < -0.3 is 14.3 Å². The van der Waals surface area contributed by atoms with Crippen molar-refractivity contribution in [3.8, 4) is 11.3 Å². The van der Waals surface area contributed by atoms with Gasteiger partial charge in [0.25, 0.3) is 0 Å². The lowest BCUT2D eigenvalue weighted by Crippen LogP contribution is -2.03. The molecule has 0 aliphatic heterocycles. The highest BCUT2D eigenvalue weighted by molar-refractivity contribution is 5.91. The maximum Gasteiger partial charge on any atom is 0.176 e. The highest BCUT2D eigenvalue weighted by Gasteiger charge is 2.17.